The van der Waals surface area contributed by atoms with Gasteiger partial charge in [0.15, 0.2) is 0 Å². The van der Waals surface area contributed by atoms with Gasteiger partial charge in [0.2, 0.25) is 0 Å². The van der Waals surface area contributed by atoms with Crippen molar-refractivity contribution in [1.82, 2.24) is 0 Å². The number of hydrogen-bond acceptors (Lipinski definition) is 0. The Balaban J connectivity index is 2.11. The van der Waals surface area contributed by atoms with E-state index in [1.54, 1.807) is 5.57 Å². The second kappa shape index (κ2) is 4.61. The van der Waals surface area contributed by atoms with Crippen LogP contribution >= 0.6 is 0 Å². The van der Waals surface area contributed by atoms with Crippen LogP contribution in [0.2, 0.25) is 0 Å². The van der Waals surface area contributed by atoms with Gasteiger partial charge in [0.1, 0.15) is 0 Å². The summed E-state index contributed by atoms with van der Waals surface area (Å²) >= 11 is 0. The van der Waals surface area contributed by atoms with Gasteiger partial charge in [0, 0.05) is 5.41 Å². The predicted octanol–water partition coefficient (Wildman–Crippen LogP) is 6.45. The summed E-state index contributed by atoms with van der Waals surface area (Å²) in [5, 5.41) is 0. The van der Waals surface area contributed by atoms with Gasteiger partial charge >= 0.3 is 0 Å². The molecule has 0 aromatic carbocycles. The first-order valence-electron chi connectivity index (χ1n) is 8.80. The molecule has 0 bridgehead atoms. The van der Waals surface area contributed by atoms with Gasteiger partial charge in [-0.1, -0.05) is 56.7 Å². The third-order valence-electron chi connectivity index (χ3n) is 7.46. The lowest BCUT2D eigenvalue weighted by molar-refractivity contribution is 0.00593. The van der Waals surface area contributed by atoms with Gasteiger partial charge in [0.25, 0.3) is 0 Å². The van der Waals surface area contributed by atoms with E-state index in [-0.39, 0.29) is 5.41 Å². The molecule has 3 atom stereocenters. The van der Waals surface area contributed by atoms with Gasteiger partial charge in [-0.2, -0.15) is 0 Å². The van der Waals surface area contributed by atoms with Crippen molar-refractivity contribution in [3.8, 4) is 0 Å². The molecule has 3 aliphatic carbocycles. The highest BCUT2D eigenvalue weighted by Gasteiger charge is 2.57. The minimum absolute atomic E-state index is 0.284. The van der Waals surface area contributed by atoms with Gasteiger partial charge in [-0.3, -0.25) is 0 Å². The average Bonchev–Trinajstić information content (AvgIpc) is 2.43. The molecule has 0 N–H and O–H groups in total. The Bertz CT molecular complexity index is 518. The normalized spacial score (nSPS) is 41.8. The molecule has 0 amide bonds. The Labute approximate surface area is 131 Å². The van der Waals surface area contributed by atoms with Crippen molar-refractivity contribution in [3.63, 3.8) is 0 Å². The standard InChI is InChI=1S/C21H32/c1-15(2)21-12-8-7-9-18(21)20(6)13-10-16(3)19(4,5)17(20)11-14-21/h9,17H,1,3,7-8,10-14H2,2,4-6H3/t17-,20-,21+/m0/s1. The lowest BCUT2D eigenvalue weighted by Crippen LogP contribution is -2.52. The number of rotatable bonds is 1. The Kier molecular flexibility index (Phi) is 3.32. The Morgan fingerprint density at radius 1 is 1.19 bits per heavy atom. The molecule has 0 aromatic rings. The summed E-state index contributed by atoms with van der Waals surface area (Å²) in [5.41, 5.74) is 5.61. The molecule has 0 radical (unpaired) electrons. The monoisotopic (exact) mass is 284 g/mol. The zero-order valence-electron chi connectivity index (χ0n) is 14.5. The Morgan fingerprint density at radius 3 is 2.57 bits per heavy atom. The summed E-state index contributed by atoms with van der Waals surface area (Å²) in [6, 6.07) is 0. The van der Waals surface area contributed by atoms with E-state index in [0.29, 0.717) is 10.8 Å². The van der Waals surface area contributed by atoms with Gasteiger partial charge in [-0.15, -0.1) is 0 Å². The molecule has 0 heteroatoms. The van der Waals surface area contributed by atoms with Crippen molar-refractivity contribution >= 4 is 0 Å². The summed E-state index contributed by atoms with van der Waals surface area (Å²) in [5.74, 6) is 0.753. The number of allylic oxidation sites excluding steroid dienone is 4. The minimum Gasteiger partial charge on any atom is -0.0993 e. The zero-order chi connectivity index (χ0) is 15.5. The van der Waals surface area contributed by atoms with Crippen molar-refractivity contribution in [2.24, 2.45) is 22.2 Å². The maximum absolute atomic E-state index is 4.42. The second-order valence-corrected chi connectivity index (χ2v) is 8.71. The van der Waals surface area contributed by atoms with E-state index < -0.39 is 0 Å². The Morgan fingerprint density at radius 2 is 1.90 bits per heavy atom. The maximum Gasteiger partial charge on any atom is 0.0121 e. The van der Waals surface area contributed by atoms with Crippen LogP contribution in [-0.2, 0) is 0 Å². The fourth-order valence-electron chi connectivity index (χ4n) is 6.02. The van der Waals surface area contributed by atoms with E-state index in [2.05, 4.69) is 46.9 Å². The fraction of sp³-hybridized carbons (Fsp3) is 0.714. The molecule has 0 aromatic heterocycles. The van der Waals surface area contributed by atoms with Crippen LogP contribution in [0.1, 0.15) is 72.6 Å². The predicted molar refractivity (Wildman–Crippen MR) is 92.2 cm³/mol. The van der Waals surface area contributed by atoms with Crippen LogP contribution in [0.5, 0.6) is 0 Å². The van der Waals surface area contributed by atoms with Crippen LogP contribution in [0, 0.1) is 22.2 Å². The molecule has 2 fully saturated rings. The molecule has 0 saturated heterocycles. The largest absolute Gasteiger partial charge is 0.0993 e. The third-order valence-corrected chi connectivity index (χ3v) is 7.46. The molecule has 2 saturated carbocycles. The van der Waals surface area contributed by atoms with E-state index >= 15 is 0 Å². The van der Waals surface area contributed by atoms with Gasteiger partial charge in [-0.25, -0.2) is 0 Å². The van der Waals surface area contributed by atoms with Crippen LogP contribution in [-0.4, -0.2) is 0 Å². The van der Waals surface area contributed by atoms with Crippen molar-refractivity contribution in [2.45, 2.75) is 72.6 Å². The molecule has 0 heterocycles. The maximum atomic E-state index is 4.42. The molecule has 3 aliphatic rings. The molecule has 0 aliphatic heterocycles. The number of hydrogen-bond donors (Lipinski definition) is 0. The molecular formula is C21H32. The first kappa shape index (κ1) is 15.1. The minimum atomic E-state index is 0.284. The highest BCUT2D eigenvalue weighted by molar-refractivity contribution is 5.39. The van der Waals surface area contributed by atoms with Gasteiger partial charge < -0.3 is 0 Å². The van der Waals surface area contributed by atoms with Crippen LogP contribution < -0.4 is 0 Å². The van der Waals surface area contributed by atoms with Crippen molar-refractivity contribution in [1.29, 1.82) is 0 Å². The number of fused-ring (bicyclic) bond motifs is 3. The smallest absolute Gasteiger partial charge is 0.0121 e. The van der Waals surface area contributed by atoms with E-state index in [9.17, 15) is 0 Å². The zero-order valence-corrected chi connectivity index (χ0v) is 14.5. The van der Waals surface area contributed by atoms with E-state index in [4.69, 9.17) is 0 Å². The van der Waals surface area contributed by atoms with E-state index in [0.717, 1.165) is 5.92 Å². The van der Waals surface area contributed by atoms with Crippen molar-refractivity contribution < 1.29 is 0 Å². The average molecular weight is 284 g/mol. The molecule has 0 nitrogen and oxygen atoms in total. The lowest BCUT2D eigenvalue weighted by atomic mass is 9.42. The van der Waals surface area contributed by atoms with E-state index in [1.807, 2.05) is 0 Å². The summed E-state index contributed by atoms with van der Waals surface area (Å²) < 4.78 is 0. The first-order valence-corrected chi connectivity index (χ1v) is 8.80. The van der Waals surface area contributed by atoms with Crippen LogP contribution in [0.15, 0.2) is 36.0 Å². The highest BCUT2D eigenvalue weighted by Crippen LogP contribution is 2.68. The SMILES string of the molecule is C=C1CC[C@]2(C)C3=CCCC[C@]3(C(=C)C)CC[C@H]2C1(C)C. The van der Waals surface area contributed by atoms with Crippen molar-refractivity contribution in [3.05, 3.63) is 36.0 Å². The van der Waals surface area contributed by atoms with Crippen molar-refractivity contribution in [2.75, 3.05) is 0 Å². The molecule has 116 valence electrons. The quantitative estimate of drug-likeness (QED) is 0.485. The molecule has 21 heavy (non-hydrogen) atoms. The summed E-state index contributed by atoms with van der Waals surface area (Å²) in [6.07, 6.45) is 11.7. The molecule has 0 spiro atoms. The molecule has 3 rings (SSSR count). The van der Waals surface area contributed by atoms with Crippen LogP contribution in [0.4, 0.5) is 0 Å². The molecule has 0 unspecified atom stereocenters. The fourth-order valence-corrected chi connectivity index (χ4v) is 6.02. The van der Waals surface area contributed by atoms with Gasteiger partial charge in [-0.05, 0) is 68.6 Å². The summed E-state index contributed by atoms with van der Waals surface area (Å²) in [7, 11) is 0. The third kappa shape index (κ3) is 1.87. The Hall–Kier alpha value is -0.780. The lowest BCUT2D eigenvalue weighted by Gasteiger charge is -2.62. The topological polar surface area (TPSA) is 0 Å². The second-order valence-electron chi connectivity index (χ2n) is 8.71. The summed E-state index contributed by atoms with van der Waals surface area (Å²) in [6.45, 7) is 18.5. The van der Waals surface area contributed by atoms with Crippen LogP contribution in [0.3, 0.4) is 0 Å². The first-order chi connectivity index (χ1) is 9.75. The molecular weight excluding hydrogens is 252 g/mol. The van der Waals surface area contributed by atoms with Gasteiger partial charge in [0.05, 0.1) is 0 Å². The highest BCUT2D eigenvalue weighted by atomic mass is 14.6. The van der Waals surface area contributed by atoms with E-state index in [1.165, 1.54) is 56.1 Å². The van der Waals surface area contributed by atoms with Crippen LogP contribution in [0.25, 0.3) is 0 Å². The summed E-state index contributed by atoms with van der Waals surface area (Å²) in [4.78, 5) is 0.